The van der Waals surface area contributed by atoms with E-state index in [-0.39, 0.29) is 29.4 Å². The van der Waals surface area contributed by atoms with E-state index in [9.17, 15) is 18.0 Å². The lowest BCUT2D eigenvalue weighted by Crippen LogP contribution is -2.33. The second-order valence-corrected chi connectivity index (χ2v) is 8.85. The molecule has 1 aliphatic rings. The van der Waals surface area contributed by atoms with Crippen molar-refractivity contribution in [3.63, 3.8) is 0 Å². The second kappa shape index (κ2) is 7.93. The Balaban J connectivity index is 1.39. The number of nitrogens with zero attached hydrogens (tertiary/aromatic N) is 1. The van der Waals surface area contributed by atoms with E-state index in [0.717, 1.165) is 4.31 Å². The van der Waals surface area contributed by atoms with Gasteiger partial charge in [-0.25, -0.2) is 12.7 Å². The molecule has 0 aliphatic carbocycles. The third-order valence-corrected chi connectivity index (χ3v) is 6.79. The molecular formula is C22H16ClNO5S. The van der Waals surface area contributed by atoms with Gasteiger partial charge < -0.3 is 4.74 Å². The highest BCUT2D eigenvalue weighted by molar-refractivity contribution is 7.90. The fourth-order valence-electron chi connectivity index (χ4n) is 3.17. The molecule has 6 nitrogen and oxygen atoms in total. The summed E-state index contributed by atoms with van der Waals surface area (Å²) in [5.74, 6) is -0.243. The average molecular weight is 442 g/mol. The van der Waals surface area contributed by atoms with Gasteiger partial charge in [-0.05, 0) is 60.7 Å². The molecule has 0 fully saturated rings. The molecule has 0 saturated carbocycles. The first kappa shape index (κ1) is 20.1. The Morgan fingerprint density at radius 1 is 0.900 bits per heavy atom. The lowest BCUT2D eigenvalue weighted by molar-refractivity contribution is 0.0856. The molecule has 8 heteroatoms. The number of carbonyl (C=O) groups is 2. The zero-order chi connectivity index (χ0) is 21.3. The van der Waals surface area contributed by atoms with Crippen LogP contribution < -0.4 is 4.74 Å². The predicted octanol–water partition coefficient (Wildman–Crippen LogP) is 3.79. The largest absolute Gasteiger partial charge is 0.492 e. The van der Waals surface area contributed by atoms with Gasteiger partial charge in [0.15, 0.2) is 5.78 Å². The molecule has 4 rings (SSSR count). The Morgan fingerprint density at radius 3 is 2.13 bits per heavy atom. The summed E-state index contributed by atoms with van der Waals surface area (Å²) in [7, 11) is -3.85. The summed E-state index contributed by atoms with van der Waals surface area (Å²) in [5.41, 5.74) is 1.17. The maximum absolute atomic E-state index is 12.5. The highest BCUT2D eigenvalue weighted by Crippen LogP contribution is 2.29. The van der Waals surface area contributed by atoms with E-state index in [2.05, 4.69) is 0 Å². The summed E-state index contributed by atoms with van der Waals surface area (Å²) in [6.07, 6.45) is 0. The van der Waals surface area contributed by atoms with Gasteiger partial charge in [-0.2, -0.15) is 0 Å². The Morgan fingerprint density at radius 2 is 1.50 bits per heavy atom. The van der Waals surface area contributed by atoms with Gasteiger partial charge in [0.2, 0.25) is 0 Å². The van der Waals surface area contributed by atoms with E-state index in [4.69, 9.17) is 16.3 Å². The topological polar surface area (TPSA) is 80.8 Å². The monoisotopic (exact) mass is 441 g/mol. The summed E-state index contributed by atoms with van der Waals surface area (Å²) in [6.45, 7) is -0.120. The maximum Gasteiger partial charge on any atom is 0.269 e. The average Bonchev–Trinajstić information content (AvgIpc) is 2.95. The fourth-order valence-corrected chi connectivity index (χ4v) is 4.85. The molecule has 0 aromatic heterocycles. The highest BCUT2D eigenvalue weighted by atomic mass is 35.5. The number of hydrogen-bond donors (Lipinski definition) is 0. The van der Waals surface area contributed by atoms with Gasteiger partial charge in [-0.3, -0.25) is 9.59 Å². The molecule has 1 aliphatic heterocycles. The van der Waals surface area contributed by atoms with Crippen LogP contribution in [0.2, 0.25) is 5.02 Å². The molecule has 0 spiro atoms. The Kier molecular flexibility index (Phi) is 5.32. The fraction of sp³-hybridized carbons (Fsp3) is 0.0909. The van der Waals surface area contributed by atoms with Gasteiger partial charge in [0.25, 0.3) is 15.9 Å². The van der Waals surface area contributed by atoms with Crippen LogP contribution in [0.25, 0.3) is 0 Å². The summed E-state index contributed by atoms with van der Waals surface area (Å²) in [5, 5.41) is 0.553. The highest BCUT2D eigenvalue weighted by Gasteiger charge is 2.40. The predicted molar refractivity (Wildman–Crippen MR) is 111 cm³/mol. The van der Waals surface area contributed by atoms with Crippen LogP contribution in [0.3, 0.4) is 0 Å². The Hall–Kier alpha value is -3.16. The zero-order valence-corrected chi connectivity index (χ0v) is 17.2. The van der Waals surface area contributed by atoms with E-state index in [1.807, 2.05) is 0 Å². The molecule has 1 amide bonds. The van der Waals surface area contributed by atoms with Crippen LogP contribution in [0.15, 0.2) is 77.7 Å². The number of amides is 1. The first-order valence-electron chi connectivity index (χ1n) is 9.07. The molecule has 0 radical (unpaired) electrons. The number of ether oxygens (including phenoxy) is 1. The maximum atomic E-state index is 12.5. The summed E-state index contributed by atoms with van der Waals surface area (Å²) in [4.78, 5) is 24.9. The lowest BCUT2D eigenvalue weighted by atomic mass is 10.0. The molecule has 3 aromatic carbocycles. The SMILES string of the molecule is O=C(c1ccc(Cl)cc1)c1ccc(OCCN2C(=O)c3ccccc3S2(=O)=O)cc1. The molecule has 0 saturated heterocycles. The van der Waals surface area contributed by atoms with E-state index in [1.165, 1.54) is 12.1 Å². The number of sulfonamides is 1. The minimum atomic E-state index is -3.85. The number of fused-ring (bicyclic) bond motifs is 1. The molecule has 0 N–H and O–H groups in total. The number of hydrogen-bond acceptors (Lipinski definition) is 5. The van der Waals surface area contributed by atoms with E-state index < -0.39 is 15.9 Å². The second-order valence-electron chi connectivity index (χ2n) is 6.59. The van der Waals surface area contributed by atoms with Gasteiger partial charge in [0.1, 0.15) is 17.3 Å². The number of carbonyl (C=O) groups excluding carboxylic acids is 2. The van der Waals surface area contributed by atoms with Gasteiger partial charge >= 0.3 is 0 Å². The summed E-state index contributed by atoms with van der Waals surface area (Å²) < 4.78 is 31.4. The minimum absolute atomic E-state index is 0.0105. The Labute approximate surface area is 178 Å². The van der Waals surface area contributed by atoms with Crippen LogP contribution >= 0.6 is 11.6 Å². The van der Waals surface area contributed by atoms with E-state index in [0.29, 0.717) is 21.9 Å². The molecule has 0 atom stereocenters. The summed E-state index contributed by atoms with van der Waals surface area (Å²) in [6, 6.07) is 19.2. The van der Waals surface area contributed by atoms with Crippen molar-refractivity contribution < 1.29 is 22.7 Å². The number of halogens is 1. The van der Waals surface area contributed by atoms with Crippen molar-refractivity contribution in [2.24, 2.45) is 0 Å². The number of ketones is 1. The number of rotatable bonds is 6. The zero-order valence-electron chi connectivity index (χ0n) is 15.6. The molecule has 3 aromatic rings. The minimum Gasteiger partial charge on any atom is -0.492 e. The van der Waals surface area contributed by atoms with E-state index in [1.54, 1.807) is 60.7 Å². The van der Waals surface area contributed by atoms with Crippen LogP contribution in [-0.4, -0.2) is 37.6 Å². The van der Waals surface area contributed by atoms with Crippen molar-refractivity contribution in [3.8, 4) is 5.75 Å². The van der Waals surface area contributed by atoms with Gasteiger partial charge in [-0.15, -0.1) is 0 Å². The van der Waals surface area contributed by atoms with Crippen molar-refractivity contribution in [1.29, 1.82) is 0 Å². The normalized spacial score (nSPS) is 14.4. The van der Waals surface area contributed by atoms with Crippen LogP contribution in [-0.2, 0) is 10.0 Å². The smallest absolute Gasteiger partial charge is 0.269 e. The van der Waals surface area contributed by atoms with Crippen LogP contribution in [0, 0.1) is 0 Å². The Bertz CT molecular complexity index is 1220. The lowest BCUT2D eigenvalue weighted by Gasteiger charge is -2.15. The molecular weight excluding hydrogens is 426 g/mol. The molecule has 1 heterocycles. The summed E-state index contributed by atoms with van der Waals surface area (Å²) >= 11 is 5.84. The van der Waals surface area contributed by atoms with Crippen LogP contribution in [0.5, 0.6) is 5.75 Å². The first-order valence-corrected chi connectivity index (χ1v) is 10.9. The van der Waals surface area contributed by atoms with Crippen LogP contribution in [0.1, 0.15) is 26.3 Å². The van der Waals surface area contributed by atoms with Gasteiger partial charge in [-0.1, -0.05) is 23.7 Å². The van der Waals surface area contributed by atoms with E-state index >= 15 is 0 Å². The third-order valence-electron chi connectivity index (χ3n) is 4.70. The van der Waals surface area contributed by atoms with Gasteiger partial charge in [0.05, 0.1) is 12.1 Å². The van der Waals surface area contributed by atoms with Crippen molar-refractivity contribution in [2.75, 3.05) is 13.2 Å². The molecule has 0 unspecified atom stereocenters. The molecule has 30 heavy (non-hydrogen) atoms. The van der Waals surface area contributed by atoms with Crippen molar-refractivity contribution in [2.45, 2.75) is 4.90 Å². The quantitative estimate of drug-likeness (QED) is 0.543. The van der Waals surface area contributed by atoms with Crippen molar-refractivity contribution in [1.82, 2.24) is 4.31 Å². The number of benzene rings is 3. The van der Waals surface area contributed by atoms with Crippen molar-refractivity contribution in [3.05, 3.63) is 94.5 Å². The van der Waals surface area contributed by atoms with Crippen molar-refractivity contribution >= 4 is 33.3 Å². The first-order chi connectivity index (χ1) is 14.4. The van der Waals surface area contributed by atoms with Crippen LogP contribution in [0.4, 0.5) is 0 Å². The molecule has 152 valence electrons. The molecule has 0 bridgehead atoms. The standard InChI is InChI=1S/C22H16ClNO5S/c23-17-9-5-15(6-10-17)21(25)16-7-11-18(12-8-16)29-14-13-24-22(26)19-3-1-2-4-20(19)30(24,27)28/h1-12H,13-14H2. The van der Waals surface area contributed by atoms with Gasteiger partial charge in [0, 0.05) is 16.1 Å². The third kappa shape index (κ3) is 3.69.